The summed E-state index contributed by atoms with van der Waals surface area (Å²) < 4.78 is 27.4. The predicted molar refractivity (Wildman–Crippen MR) is 118 cm³/mol. The molecule has 4 rings (SSSR count). The molecule has 7 heteroatoms. The number of nitrogens with one attached hydrogen (secondary N) is 1. The molecule has 0 saturated carbocycles. The number of pyridine rings is 1. The lowest BCUT2D eigenvalue weighted by molar-refractivity contribution is 0.102. The fourth-order valence-corrected chi connectivity index (χ4v) is 5.61. The fourth-order valence-electron chi connectivity index (χ4n) is 4.05. The van der Waals surface area contributed by atoms with Crippen LogP contribution in [0.3, 0.4) is 0 Å². The van der Waals surface area contributed by atoms with Crippen molar-refractivity contribution >= 4 is 32.5 Å². The second kappa shape index (κ2) is 8.16. The number of aromatic nitrogens is 1. The molecule has 1 aliphatic heterocycles. The van der Waals surface area contributed by atoms with Gasteiger partial charge in [-0.2, -0.15) is 4.31 Å². The number of aryl methyl sites for hydroxylation is 2. The molecule has 0 bridgehead atoms. The van der Waals surface area contributed by atoms with Crippen molar-refractivity contribution in [2.24, 2.45) is 0 Å². The van der Waals surface area contributed by atoms with Crippen molar-refractivity contribution in [1.29, 1.82) is 0 Å². The van der Waals surface area contributed by atoms with E-state index in [1.54, 1.807) is 18.2 Å². The van der Waals surface area contributed by atoms with Crippen LogP contribution in [0, 0.1) is 13.8 Å². The summed E-state index contributed by atoms with van der Waals surface area (Å²) in [5.41, 5.74) is 3.30. The van der Waals surface area contributed by atoms with E-state index in [9.17, 15) is 13.2 Å². The minimum atomic E-state index is -3.56. The van der Waals surface area contributed by atoms with Crippen LogP contribution in [0.25, 0.3) is 10.9 Å². The van der Waals surface area contributed by atoms with Crippen molar-refractivity contribution in [3.05, 3.63) is 65.4 Å². The highest BCUT2D eigenvalue weighted by molar-refractivity contribution is 7.89. The Morgan fingerprint density at radius 2 is 1.73 bits per heavy atom. The number of benzene rings is 2. The molecule has 0 radical (unpaired) electrons. The number of para-hydroxylation sites is 1. The molecule has 1 N–H and O–H groups in total. The third-order valence-corrected chi connectivity index (χ3v) is 7.50. The van der Waals surface area contributed by atoms with E-state index < -0.39 is 10.0 Å². The topological polar surface area (TPSA) is 79.4 Å². The first-order valence-corrected chi connectivity index (χ1v) is 11.6. The Hall–Kier alpha value is -2.77. The van der Waals surface area contributed by atoms with Crippen molar-refractivity contribution < 1.29 is 13.2 Å². The number of piperidine rings is 1. The van der Waals surface area contributed by atoms with E-state index >= 15 is 0 Å². The van der Waals surface area contributed by atoms with Gasteiger partial charge < -0.3 is 5.32 Å². The molecule has 0 unspecified atom stereocenters. The van der Waals surface area contributed by atoms with Gasteiger partial charge in [-0.05, 0) is 56.5 Å². The highest BCUT2D eigenvalue weighted by Gasteiger charge is 2.26. The molecule has 2 aromatic carbocycles. The van der Waals surface area contributed by atoms with Gasteiger partial charge in [0.2, 0.25) is 10.0 Å². The normalized spacial score (nSPS) is 15.3. The van der Waals surface area contributed by atoms with Crippen LogP contribution in [-0.2, 0) is 10.0 Å². The zero-order valence-electron chi connectivity index (χ0n) is 17.2. The Bertz CT molecular complexity index is 1220. The monoisotopic (exact) mass is 423 g/mol. The van der Waals surface area contributed by atoms with Gasteiger partial charge in [0.25, 0.3) is 5.91 Å². The number of sulfonamides is 1. The second-order valence-electron chi connectivity index (χ2n) is 7.66. The number of nitrogens with zero attached hydrogens (tertiary/aromatic N) is 2. The molecule has 3 aromatic rings. The van der Waals surface area contributed by atoms with Crippen LogP contribution in [0.2, 0.25) is 0 Å². The summed E-state index contributed by atoms with van der Waals surface area (Å²) in [6.07, 6.45) is 2.81. The number of hydrogen-bond donors (Lipinski definition) is 1. The molecular weight excluding hydrogens is 398 g/mol. The van der Waals surface area contributed by atoms with Gasteiger partial charge in [0, 0.05) is 24.2 Å². The van der Waals surface area contributed by atoms with Crippen LogP contribution in [-0.4, -0.2) is 36.7 Å². The average molecular weight is 424 g/mol. The molecule has 0 aliphatic carbocycles. The largest absolute Gasteiger partial charge is 0.322 e. The Morgan fingerprint density at radius 3 is 2.50 bits per heavy atom. The molecule has 0 atom stereocenters. The van der Waals surface area contributed by atoms with E-state index in [0.29, 0.717) is 30.0 Å². The molecule has 1 amide bonds. The molecule has 6 nitrogen and oxygen atoms in total. The SMILES string of the molecule is Cc1nc2ccccc2c(C)c1C(=O)Nc1cccc(S(=O)(=O)N2CCCCC2)c1. The maximum absolute atomic E-state index is 13.1. The van der Waals surface area contributed by atoms with E-state index in [0.717, 1.165) is 35.7 Å². The highest BCUT2D eigenvalue weighted by Crippen LogP contribution is 2.25. The number of anilines is 1. The zero-order valence-corrected chi connectivity index (χ0v) is 18.0. The third kappa shape index (κ3) is 3.82. The van der Waals surface area contributed by atoms with Crippen molar-refractivity contribution in [2.75, 3.05) is 18.4 Å². The van der Waals surface area contributed by atoms with E-state index in [1.807, 2.05) is 38.1 Å². The highest BCUT2D eigenvalue weighted by atomic mass is 32.2. The van der Waals surface area contributed by atoms with Gasteiger partial charge in [-0.1, -0.05) is 30.7 Å². The van der Waals surface area contributed by atoms with Crippen LogP contribution in [0.4, 0.5) is 5.69 Å². The van der Waals surface area contributed by atoms with Crippen LogP contribution >= 0.6 is 0 Å². The molecule has 30 heavy (non-hydrogen) atoms. The predicted octanol–water partition coefficient (Wildman–Crippen LogP) is 4.28. The number of amides is 1. The van der Waals surface area contributed by atoms with Gasteiger partial charge in [-0.25, -0.2) is 8.42 Å². The Balaban J connectivity index is 1.63. The first kappa shape index (κ1) is 20.5. The quantitative estimate of drug-likeness (QED) is 0.679. The van der Waals surface area contributed by atoms with Crippen molar-refractivity contribution in [3.63, 3.8) is 0 Å². The van der Waals surface area contributed by atoms with Crippen LogP contribution in [0.5, 0.6) is 0 Å². The van der Waals surface area contributed by atoms with Gasteiger partial charge in [0.1, 0.15) is 0 Å². The number of rotatable bonds is 4. The van der Waals surface area contributed by atoms with Crippen LogP contribution < -0.4 is 5.32 Å². The van der Waals surface area contributed by atoms with Gasteiger partial charge in [0.05, 0.1) is 21.7 Å². The summed E-state index contributed by atoms with van der Waals surface area (Å²) in [6.45, 7) is 4.80. The van der Waals surface area contributed by atoms with E-state index in [1.165, 1.54) is 10.4 Å². The molecule has 0 spiro atoms. The lowest BCUT2D eigenvalue weighted by atomic mass is 10.0. The van der Waals surface area contributed by atoms with Gasteiger partial charge in [-0.3, -0.25) is 9.78 Å². The number of carbonyl (C=O) groups is 1. The summed E-state index contributed by atoms with van der Waals surface area (Å²) >= 11 is 0. The molecular formula is C23H25N3O3S. The number of fused-ring (bicyclic) bond motifs is 1. The Labute approximate surface area is 177 Å². The summed E-state index contributed by atoms with van der Waals surface area (Å²) in [5.74, 6) is -0.296. The van der Waals surface area contributed by atoms with Crippen molar-refractivity contribution in [3.8, 4) is 0 Å². The van der Waals surface area contributed by atoms with Crippen LogP contribution in [0.1, 0.15) is 40.9 Å². The lowest BCUT2D eigenvalue weighted by Gasteiger charge is -2.26. The maximum Gasteiger partial charge on any atom is 0.257 e. The minimum Gasteiger partial charge on any atom is -0.322 e. The lowest BCUT2D eigenvalue weighted by Crippen LogP contribution is -2.35. The fraction of sp³-hybridized carbons (Fsp3) is 0.304. The van der Waals surface area contributed by atoms with Gasteiger partial charge >= 0.3 is 0 Å². The smallest absolute Gasteiger partial charge is 0.257 e. The van der Waals surface area contributed by atoms with E-state index in [2.05, 4.69) is 10.3 Å². The van der Waals surface area contributed by atoms with Gasteiger partial charge in [0.15, 0.2) is 0 Å². The molecule has 1 fully saturated rings. The first-order valence-electron chi connectivity index (χ1n) is 10.2. The maximum atomic E-state index is 13.1. The van der Waals surface area contributed by atoms with Gasteiger partial charge in [-0.15, -0.1) is 0 Å². The van der Waals surface area contributed by atoms with Crippen LogP contribution in [0.15, 0.2) is 53.4 Å². The first-order chi connectivity index (χ1) is 14.4. The average Bonchev–Trinajstić information content (AvgIpc) is 2.74. The van der Waals surface area contributed by atoms with Crippen molar-refractivity contribution in [2.45, 2.75) is 38.0 Å². The summed E-state index contributed by atoms with van der Waals surface area (Å²) in [5, 5.41) is 3.78. The summed E-state index contributed by atoms with van der Waals surface area (Å²) in [4.78, 5) is 17.8. The Morgan fingerprint density at radius 1 is 1.00 bits per heavy atom. The Kier molecular flexibility index (Phi) is 5.58. The molecule has 2 heterocycles. The molecule has 1 aliphatic rings. The third-order valence-electron chi connectivity index (χ3n) is 5.60. The number of hydrogen-bond acceptors (Lipinski definition) is 4. The summed E-state index contributed by atoms with van der Waals surface area (Å²) in [7, 11) is -3.56. The van der Waals surface area contributed by atoms with Crippen molar-refractivity contribution in [1.82, 2.24) is 9.29 Å². The summed E-state index contributed by atoms with van der Waals surface area (Å²) in [6, 6.07) is 14.2. The standard InChI is InChI=1S/C23H25N3O3S/c1-16-20-11-4-5-12-21(20)24-17(2)22(16)23(27)25-18-9-8-10-19(15-18)30(28,29)26-13-6-3-7-14-26/h4-5,8-12,15H,3,6-7,13-14H2,1-2H3,(H,25,27). The molecule has 1 aromatic heterocycles. The number of carbonyl (C=O) groups excluding carboxylic acids is 1. The zero-order chi connectivity index (χ0) is 21.3. The van der Waals surface area contributed by atoms with E-state index in [-0.39, 0.29) is 10.8 Å². The minimum absolute atomic E-state index is 0.201. The molecule has 156 valence electrons. The second-order valence-corrected chi connectivity index (χ2v) is 9.60. The molecule has 1 saturated heterocycles. The van der Waals surface area contributed by atoms with E-state index in [4.69, 9.17) is 0 Å².